The van der Waals surface area contributed by atoms with Crippen molar-refractivity contribution in [1.29, 1.82) is 0 Å². The molecule has 8 heteroatoms. The zero-order valence-corrected chi connectivity index (χ0v) is 11.8. The molecule has 0 bridgehead atoms. The fourth-order valence-electron chi connectivity index (χ4n) is 1.88. The normalized spacial score (nSPS) is 15.1. The molecule has 1 rings (SSSR count). The van der Waals surface area contributed by atoms with E-state index in [4.69, 9.17) is 0 Å². The summed E-state index contributed by atoms with van der Waals surface area (Å²) >= 11 is 0. The summed E-state index contributed by atoms with van der Waals surface area (Å²) in [5.41, 5.74) is 0.00394. The van der Waals surface area contributed by atoms with E-state index < -0.39 is 46.0 Å². The molecular formula is C12H16F3NO3S. The number of hydrogen-bond donors (Lipinski definition) is 2. The Morgan fingerprint density at radius 3 is 2.15 bits per heavy atom. The SMILES string of the molecule is CC(CS(C)(=O)=O)NC(CO)c1cc(F)c(F)c(F)c1. The van der Waals surface area contributed by atoms with Crippen LogP contribution in [0, 0.1) is 17.5 Å². The second-order valence-electron chi connectivity index (χ2n) is 4.69. The van der Waals surface area contributed by atoms with Crippen molar-refractivity contribution in [2.45, 2.75) is 19.0 Å². The molecule has 2 unspecified atom stereocenters. The van der Waals surface area contributed by atoms with Gasteiger partial charge in [0.25, 0.3) is 0 Å². The molecule has 4 nitrogen and oxygen atoms in total. The Morgan fingerprint density at radius 1 is 1.25 bits per heavy atom. The third-order valence-electron chi connectivity index (χ3n) is 2.63. The lowest BCUT2D eigenvalue weighted by Crippen LogP contribution is -2.37. The summed E-state index contributed by atoms with van der Waals surface area (Å²) in [5.74, 6) is -4.52. The van der Waals surface area contributed by atoms with Crippen LogP contribution in [0.15, 0.2) is 12.1 Å². The quantitative estimate of drug-likeness (QED) is 0.774. The molecule has 0 heterocycles. The highest BCUT2D eigenvalue weighted by atomic mass is 32.2. The van der Waals surface area contributed by atoms with Crippen molar-refractivity contribution in [2.24, 2.45) is 0 Å². The first-order chi connectivity index (χ1) is 9.14. The smallest absolute Gasteiger partial charge is 0.194 e. The van der Waals surface area contributed by atoms with Crippen molar-refractivity contribution < 1.29 is 26.7 Å². The van der Waals surface area contributed by atoms with Gasteiger partial charge in [0, 0.05) is 12.3 Å². The first kappa shape index (κ1) is 16.9. The number of nitrogens with one attached hydrogen (secondary N) is 1. The predicted molar refractivity (Wildman–Crippen MR) is 68.5 cm³/mol. The van der Waals surface area contributed by atoms with Gasteiger partial charge < -0.3 is 10.4 Å². The Bertz CT molecular complexity index is 554. The minimum Gasteiger partial charge on any atom is -0.394 e. The summed E-state index contributed by atoms with van der Waals surface area (Å²) in [6.45, 7) is 1.04. The van der Waals surface area contributed by atoms with E-state index in [9.17, 15) is 26.7 Å². The zero-order chi connectivity index (χ0) is 15.5. The maximum absolute atomic E-state index is 13.1. The number of aliphatic hydroxyl groups excluding tert-OH is 1. The average Bonchev–Trinajstić information content (AvgIpc) is 2.30. The van der Waals surface area contributed by atoms with Gasteiger partial charge >= 0.3 is 0 Å². The van der Waals surface area contributed by atoms with Crippen LogP contribution in [0.2, 0.25) is 0 Å². The van der Waals surface area contributed by atoms with E-state index in [1.165, 1.54) is 0 Å². The van der Waals surface area contributed by atoms with Gasteiger partial charge in [-0.3, -0.25) is 0 Å². The molecule has 114 valence electrons. The molecule has 0 aromatic heterocycles. The highest BCUT2D eigenvalue weighted by molar-refractivity contribution is 7.90. The summed E-state index contributed by atoms with van der Waals surface area (Å²) in [6.07, 6.45) is 1.05. The third-order valence-corrected chi connectivity index (χ3v) is 3.74. The van der Waals surface area contributed by atoms with Crippen LogP contribution in [-0.2, 0) is 9.84 Å². The van der Waals surface area contributed by atoms with Gasteiger partial charge in [-0.25, -0.2) is 21.6 Å². The Labute approximate surface area is 115 Å². The minimum absolute atomic E-state index is 0.00394. The van der Waals surface area contributed by atoms with Gasteiger partial charge in [0.15, 0.2) is 17.5 Å². The summed E-state index contributed by atoms with van der Waals surface area (Å²) < 4.78 is 61.4. The predicted octanol–water partition coefficient (Wildman–Crippen LogP) is 1.16. The van der Waals surface area contributed by atoms with Gasteiger partial charge in [-0.15, -0.1) is 0 Å². The average molecular weight is 311 g/mol. The van der Waals surface area contributed by atoms with E-state index in [1.54, 1.807) is 6.92 Å². The zero-order valence-electron chi connectivity index (χ0n) is 11.0. The molecule has 0 radical (unpaired) electrons. The molecule has 1 aromatic carbocycles. The van der Waals surface area contributed by atoms with E-state index in [0.717, 1.165) is 18.4 Å². The van der Waals surface area contributed by atoms with E-state index in [0.29, 0.717) is 0 Å². The largest absolute Gasteiger partial charge is 0.394 e. The maximum atomic E-state index is 13.1. The molecule has 0 fully saturated rings. The van der Waals surface area contributed by atoms with E-state index >= 15 is 0 Å². The van der Waals surface area contributed by atoms with Crippen molar-refractivity contribution in [2.75, 3.05) is 18.6 Å². The molecule has 0 saturated carbocycles. The molecule has 0 aliphatic rings. The lowest BCUT2D eigenvalue weighted by Gasteiger charge is -2.21. The van der Waals surface area contributed by atoms with E-state index in [-0.39, 0.29) is 11.3 Å². The first-order valence-electron chi connectivity index (χ1n) is 5.83. The Kier molecular flexibility index (Phi) is 5.55. The van der Waals surface area contributed by atoms with Crippen LogP contribution >= 0.6 is 0 Å². The maximum Gasteiger partial charge on any atom is 0.194 e. The summed E-state index contributed by atoms with van der Waals surface area (Å²) in [6, 6.07) is 0.0912. The minimum atomic E-state index is -3.23. The highest BCUT2D eigenvalue weighted by Gasteiger charge is 2.20. The number of hydrogen-bond acceptors (Lipinski definition) is 4. The molecule has 20 heavy (non-hydrogen) atoms. The summed E-state index contributed by atoms with van der Waals surface area (Å²) in [4.78, 5) is 0. The van der Waals surface area contributed by atoms with Crippen LogP contribution in [-0.4, -0.2) is 38.2 Å². The van der Waals surface area contributed by atoms with Crippen LogP contribution in [0.4, 0.5) is 13.2 Å². The van der Waals surface area contributed by atoms with Gasteiger partial charge in [-0.05, 0) is 24.6 Å². The third kappa shape index (κ3) is 4.77. The molecule has 0 spiro atoms. The molecule has 2 atom stereocenters. The number of halogens is 3. The van der Waals surface area contributed by atoms with Gasteiger partial charge in [0.2, 0.25) is 0 Å². The summed E-state index contributed by atoms with van der Waals surface area (Å²) in [7, 11) is -3.23. The van der Waals surface area contributed by atoms with Gasteiger partial charge in [0.1, 0.15) is 9.84 Å². The number of rotatable bonds is 6. The first-order valence-corrected chi connectivity index (χ1v) is 7.89. The van der Waals surface area contributed by atoms with Gasteiger partial charge in [-0.1, -0.05) is 0 Å². The van der Waals surface area contributed by atoms with Crippen molar-refractivity contribution >= 4 is 9.84 Å². The van der Waals surface area contributed by atoms with Crippen molar-refractivity contribution in [1.82, 2.24) is 5.32 Å². The van der Waals surface area contributed by atoms with Crippen molar-refractivity contribution in [3.05, 3.63) is 35.1 Å². The Hall–Kier alpha value is -1.12. The lowest BCUT2D eigenvalue weighted by atomic mass is 10.1. The van der Waals surface area contributed by atoms with Crippen LogP contribution in [0.3, 0.4) is 0 Å². The molecule has 0 amide bonds. The van der Waals surface area contributed by atoms with Crippen molar-refractivity contribution in [3.8, 4) is 0 Å². The standard InChI is InChI=1S/C12H16F3NO3S/c1-7(6-20(2,18)19)16-11(5-17)8-3-9(13)12(15)10(14)4-8/h3-4,7,11,16-17H,5-6H2,1-2H3. The van der Waals surface area contributed by atoms with Crippen LogP contribution in [0.5, 0.6) is 0 Å². The number of sulfone groups is 1. The highest BCUT2D eigenvalue weighted by Crippen LogP contribution is 2.19. The fraction of sp³-hybridized carbons (Fsp3) is 0.500. The van der Waals surface area contributed by atoms with Crippen LogP contribution < -0.4 is 5.32 Å². The summed E-state index contributed by atoms with van der Waals surface area (Å²) in [5, 5.41) is 12.0. The second kappa shape index (κ2) is 6.55. The molecule has 0 aliphatic carbocycles. The lowest BCUT2D eigenvalue weighted by molar-refractivity contribution is 0.236. The Morgan fingerprint density at radius 2 is 1.75 bits per heavy atom. The topological polar surface area (TPSA) is 66.4 Å². The van der Waals surface area contributed by atoms with Gasteiger partial charge in [-0.2, -0.15) is 0 Å². The fourth-order valence-corrected chi connectivity index (χ4v) is 2.88. The van der Waals surface area contributed by atoms with Crippen LogP contribution in [0.25, 0.3) is 0 Å². The van der Waals surface area contributed by atoms with Crippen LogP contribution in [0.1, 0.15) is 18.5 Å². The number of aliphatic hydroxyl groups is 1. The van der Waals surface area contributed by atoms with Gasteiger partial charge in [0.05, 0.1) is 18.4 Å². The molecule has 1 aromatic rings. The molecule has 2 N–H and O–H groups in total. The second-order valence-corrected chi connectivity index (χ2v) is 6.88. The van der Waals surface area contributed by atoms with E-state index in [1.807, 2.05) is 0 Å². The molecular weight excluding hydrogens is 295 g/mol. The van der Waals surface area contributed by atoms with Crippen molar-refractivity contribution in [3.63, 3.8) is 0 Å². The number of benzene rings is 1. The Balaban J connectivity index is 2.91. The van der Waals surface area contributed by atoms with E-state index in [2.05, 4.69) is 5.32 Å². The monoisotopic (exact) mass is 311 g/mol. The molecule has 0 saturated heterocycles. The molecule has 0 aliphatic heterocycles.